The minimum Gasteiger partial charge on any atom is -0.399 e. The average Bonchev–Trinajstić information content (AvgIpc) is 2.78. The van der Waals surface area contributed by atoms with E-state index in [-0.39, 0.29) is 0 Å². The second-order valence-corrected chi connectivity index (χ2v) is 5.29. The van der Waals surface area contributed by atoms with Gasteiger partial charge in [0.15, 0.2) is 0 Å². The molecule has 0 spiro atoms. The summed E-state index contributed by atoms with van der Waals surface area (Å²) >= 11 is 0. The predicted molar refractivity (Wildman–Crippen MR) is 74.3 cm³/mol. The van der Waals surface area contributed by atoms with Gasteiger partial charge in [-0.2, -0.15) is 0 Å². The smallest absolute Gasteiger partial charge is 0.0367 e. The Hall–Kier alpha value is -1.22. The molecule has 0 amide bonds. The first kappa shape index (κ1) is 12.2. The summed E-state index contributed by atoms with van der Waals surface area (Å²) in [5, 5.41) is 0. The third-order valence-electron chi connectivity index (χ3n) is 3.98. The molecule has 1 aromatic rings. The van der Waals surface area contributed by atoms with Crippen molar-refractivity contribution < 1.29 is 0 Å². The summed E-state index contributed by atoms with van der Waals surface area (Å²) < 4.78 is 0. The van der Waals surface area contributed by atoms with Gasteiger partial charge < -0.3 is 15.5 Å². The predicted octanol–water partition coefficient (Wildman–Crippen LogP) is 2.05. The van der Waals surface area contributed by atoms with E-state index in [1.54, 1.807) is 0 Å². The fourth-order valence-electron chi connectivity index (χ4n) is 2.52. The molecule has 2 unspecified atom stereocenters. The molecule has 3 heteroatoms. The van der Waals surface area contributed by atoms with Crippen LogP contribution in [0.15, 0.2) is 24.3 Å². The topological polar surface area (TPSA) is 32.5 Å². The van der Waals surface area contributed by atoms with Gasteiger partial charge >= 0.3 is 0 Å². The highest BCUT2D eigenvalue weighted by molar-refractivity contribution is 5.53. The van der Waals surface area contributed by atoms with Gasteiger partial charge in [0.25, 0.3) is 0 Å². The molecule has 2 rings (SSSR count). The average molecular weight is 233 g/mol. The Balaban J connectivity index is 2.00. The molecule has 94 valence electrons. The van der Waals surface area contributed by atoms with Crippen LogP contribution in [0, 0.1) is 5.92 Å². The van der Waals surface area contributed by atoms with Crippen LogP contribution in [0.3, 0.4) is 0 Å². The van der Waals surface area contributed by atoms with Crippen LogP contribution >= 0.6 is 0 Å². The van der Waals surface area contributed by atoms with Gasteiger partial charge in [-0.05, 0) is 57.6 Å². The zero-order valence-corrected chi connectivity index (χ0v) is 11.1. The molecule has 0 bridgehead atoms. The zero-order valence-electron chi connectivity index (χ0n) is 11.1. The molecule has 1 aromatic carbocycles. The van der Waals surface area contributed by atoms with E-state index in [4.69, 9.17) is 5.73 Å². The van der Waals surface area contributed by atoms with Gasteiger partial charge in [-0.15, -0.1) is 0 Å². The lowest BCUT2D eigenvalue weighted by atomic mass is 10.00. The summed E-state index contributed by atoms with van der Waals surface area (Å²) in [7, 11) is 4.33. The van der Waals surface area contributed by atoms with E-state index in [9.17, 15) is 0 Å². The highest BCUT2D eigenvalue weighted by Crippen LogP contribution is 2.27. The van der Waals surface area contributed by atoms with Crippen LogP contribution < -0.4 is 10.6 Å². The molecule has 17 heavy (non-hydrogen) atoms. The van der Waals surface area contributed by atoms with E-state index < -0.39 is 0 Å². The Morgan fingerprint density at radius 1 is 1.29 bits per heavy atom. The van der Waals surface area contributed by atoms with Crippen molar-refractivity contribution in [2.24, 2.45) is 5.92 Å². The number of nitrogens with two attached hydrogens (primary N) is 1. The fourth-order valence-corrected chi connectivity index (χ4v) is 2.52. The third kappa shape index (κ3) is 2.72. The summed E-state index contributed by atoms with van der Waals surface area (Å²) in [6.45, 7) is 4.63. The first-order chi connectivity index (χ1) is 8.08. The maximum absolute atomic E-state index is 5.72. The first-order valence-corrected chi connectivity index (χ1v) is 6.35. The lowest BCUT2D eigenvalue weighted by Gasteiger charge is -2.26. The molecule has 0 aromatic heterocycles. The summed E-state index contributed by atoms with van der Waals surface area (Å²) in [5.41, 5.74) is 7.85. The van der Waals surface area contributed by atoms with E-state index in [1.165, 1.54) is 12.1 Å². The van der Waals surface area contributed by atoms with Gasteiger partial charge in [-0.1, -0.05) is 0 Å². The van der Waals surface area contributed by atoms with Crippen molar-refractivity contribution in [3.05, 3.63) is 24.3 Å². The Labute approximate surface area is 104 Å². The van der Waals surface area contributed by atoms with Crippen molar-refractivity contribution in [3.8, 4) is 0 Å². The van der Waals surface area contributed by atoms with Gasteiger partial charge in [-0.25, -0.2) is 0 Å². The number of benzene rings is 1. The highest BCUT2D eigenvalue weighted by atomic mass is 15.2. The van der Waals surface area contributed by atoms with Crippen molar-refractivity contribution in [2.45, 2.75) is 19.4 Å². The highest BCUT2D eigenvalue weighted by Gasteiger charge is 2.27. The van der Waals surface area contributed by atoms with Crippen LogP contribution in [-0.4, -0.2) is 38.1 Å². The number of anilines is 2. The largest absolute Gasteiger partial charge is 0.399 e. The summed E-state index contributed by atoms with van der Waals surface area (Å²) in [4.78, 5) is 4.78. The Morgan fingerprint density at radius 3 is 2.53 bits per heavy atom. The second kappa shape index (κ2) is 4.96. The van der Waals surface area contributed by atoms with Crippen LogP contribution in [0.5, 0.6) is 0 Å². The lowest BCUT2D eigenvalue weighted by Crippen LogP contribution is -2.34. The molecule has 3 nitrogen and oxygen atoms in total. The Kier molecular flexibility index (Phi) is 3.57. The number of nitrogen functional groups attached to an aromatic ring is 1. The number of hydrogen-bond acceptors (Lipinski definition) is 3. The summed E-state index contributed by atoms with van der Waals surface area (Å²) in [5.74, 6) is 0.766. The van der Waals surface area contributed by atoms with Gasteiger partial charge in [-0.3, -0.25) is 0 Å². The Bertz CT molecular complexity index is 358. The summed E-state index contributed by atoms with van der Waals surface area (Å²) in [6, 6.07) is 8.86. The Morgan fingerprint density at radius 2 is 1.94 bits per heavy atom. The van der Waals surface area contributed by atoms with E-state index >= 15 is 0 Å². The molecule has 2 atom stereocenters. The van der Waals surface area contributed by atoms with Crippen molar-refractivity contribution in [3.63, 3.8) is 0 Å². The standard InChI is InChI=1S/C14H23N3/c1-11(16(2)3)12-8-9-17(10-12)14-6-4-13(15)5-7-14/h4-7,11-12H,8-10,15H2,1-3H3. The molecule has 2 N–H and O–H groups in total. The maximum Gasteiger partial charge on any atom is 0.0367 e. The van der Waals surface area contributed by atoms with Crippen molar-refractivity contribution in [1.29, 1.82) is 0 Å². The van der Waals surface area contributed by atoms with Crippen LogP contribution in [0.1, 0.15) is 13.3 Å². The third-order valence-corrected chi connectivity index (χ3v) is 3.98. The molecule has 1 heterocycles. The SMILES string of the molecule is CC(C1CCN(c2ccc(N)cc2)C1)N(C)C. The van der Waals surface area contributed by atoms with Crippen molar-refractivity contribution in [2.75, 3.05) is 37.8 Å². The molecular weight excluding hydrogens is 210 g/mol. The van der Waals surface area contributed by atoms with E-state index in [0.717, 1.165) is 24.7 Å². The van der Waals surface area contributed by atoms with Crippen LogP contribution in [-0.2, 0) is 0 Å². The van der Waals surface area contributed by atoms with Crippen LogP contribution in [0.25, 0.3) is 0 Å². The molecule has 1 aliphatic heterocycles. The molecule has 1 fully saturated rings. The minimum absolute atomic E-state index is 0.647. The fraction of sp³-hybridized carbons (Fsp3) is 0.571. The molecular formula is C14H23N3. The zero-order chi connectivity index (χ0) is 12.4. The van der Waals surface area contributed by atoms with Gasteiger partial charge in [0.2, 0.25) is 0 Å². The molecule has 0 aliphatic carbocycles. The molecule has 1 aliphatic rings. The molecule has 0 radical (unpaired) electrons. The van der Waals surface area contributed by atoms with Crippen LogP contribution in [0.4, 0.5) is 11.4 Å². The minimum atomic E-state index is 0.647. The van der Waals surface area contributed by atoms with Gasteiger partial charge in [0, 0.05) is 30.5 Å². The maximum atomic E-state index is 5.72. The molecule has 0 saturated carbocycles. The van der Waals surface area contributed by atoms with Crippen molar-refractivity contribution >= 4 is 11.4 Å². The van der Waals surface area contributed by atoms with Gasteiger partial charge in [0.1, 0.15) is 0 Å². The van der Waals surface area contributed by atoms with Crippen LogP contribution in [0.2, 0.25) is 0 Å². The second-order valence-electron chi connectivity index (χ2n) is 5.29. The number of rotatable bonds is 3. The number of nitrogens with zero attached hydrogens (tertiary/aromatic N) is 2. The quantitative estimate of drug-likeness (QED) is 0.811. The van der Waals surface area contributed by atoms with Gasteiger partial charge in [0.05, 0.1) is 0 Å². The van der Waals surface area contributed by atoms with E-state index in [2.05, 4.69) is 43.0 Å². The normalized spacial score (nSPS) is 22.1. The number of hydrogen-bond donors (Lipinski definition) is 1. The first-order valence-electron chi connectivity index (χ1n) is 6.35. The molecule has 1 saturated heterocycles. The monoisotopic (exact) mass is 233 g/mol. The van der Waals surface area contributed by atoms with E-state index in [1.807, 2.05) is 12.1 Å². The van der Waals surface area contributed by atoms with Crippen molar-refractivity contribution in [1.82, 2.24) is 4.90 Å². The lowest BCUT2D eigenvalue weighted by molar-refractivity contribution is 0.240. The van der Waals surface area contributed by atoms with E-state index in [0.29, 0.717) is 6.04 Å². The summed E-state index contributed by atoms with van der Waals surface area (Å²) in [6.07, 6.45) is 1.28.